The van der Waals surface area contributed by atoms with Gasteiger partial charge in [-0.2, -0.15) is 5.10 Å². The molecular formula is C23H14Br2Cl2N2O3. The summed E-state index contributed by atoms with van der Waals surface area (Å²) in [5, 5.41) is 5.44. The number of furan rings is 1. The second-order valence-corrected chi connectivity index (χ2v) is 9.29. The fourth-order valence-corrected chi connectivity index (χ4v) is 4.88. The van der Waals surface area contributed by atoms with Crippen LogP contribution in [0, 0.1) is 0 Å². The first-order chi connectivity index (χ1) is 15.4. The molecule has 0 spiro atoms. The van der Waals surface area contributed by atoms with Gasteiger partial charge in [0.25, 0.3) is 0 Å². The SMILES string of the molecule is O=C(N/N=C\c1cc(Cl)c(OCc2ccccc2)c(Cl)c1)c1cc2cc(Br)cc(Br)c2o1. The largest absolute Gasteiger partial charge is 0.486 e. The number of halogens is 4. The summed E-state index contributed by atoms with van der Waals surface area (Å²) in [6, 6.07) is 18.3. The number of nitrogens with zero attached hydrogens (tertiary/aromatic N) is 1. The van der Waals surface area contributed by atoms with Gasteiger partial charge in [-0.15, -0.1) is 0 Å². The number of fused-ring (bicyclic) bond motifs is 1. The number of amides is 1. The van der Waals surface area contributed by atoms with Gasteiger partial charge in [-0.1, -0.05) is 69.5 Å². The molecule has 9 heteroatoms. The molecule has 0 aliphatic heterocycles. The highest BCUT2D eigenvalue weighted by molar-refractivity contribution is 9.11. The Labute approximate surface area is 210 Å². The zero-order valence-electron chi connectivity index (χ0n) is 16.2. The Kier molecular flexibility index (Phi) is 7.20. The van der Waals surface area contributed by atoms with Crippen molar-refractivity contribution in [1.29, 1.82) is 0 Å². The van der Waals surface area contributed by atoms with E-state index in [1.165, 1.54) is 6.21 Å². The van der Waals surface area contributed by atoms with E-state index in [0.717, 1.165) is 19.9 Å². The molecule has 1 heterocycles. The average molecular weight is 597 g/mol. The van der Waals surface area contributed by atoms with Gasteiger partial charge in [0.2, 0.25) is 0 Å². The van der Waals surface area contributed by atoms with Crippen molar-refractivity contribution in [2.24, 2.45) is 5.10 Å². The maximum Gasteiger partial charge on any atom is 0.307 e. The zero-order valence-corrected chi connectivity index (χ0v) is 20.9. The predicted molar refractivity (Wildman–Crippen MR) is 134 cm³/mol. The lowest BCUT2D eigenvalue weighted by Gasteiger charge is -2.10. The number of ether oxygens (including phenoxy) is 1. The molecule has 1 N–H and O–H groups in total. The lowest BCUT2D eigenvalue weighted by Crippen LogP contribution is -2.16. The molecule has 0 atom stereocenters. The summed E-state index contributed by atoms with van der Waals surface area (Å²) in [5.41, 5.74) is 4.61. The molecule has 0 saturated carbocycles. The molecule has 0 fully saturated rings. The average Bonchev–Trinajstić information content (AvgIpc) is 3.18. The number of hydrazone groups is 1. The Bertz CT molecular complexity index is 1300. The number of benzene rings is 3. The van der Waals surface area contributed by atoms with Gasteiger partial charge in [-0.25, -0.2) is 5.43 Å². The third-order valence-electron chi connectivity index (χ3n) is 4.39. The molecule has 1 amide bonds. The molecule has 5 nitrogen and oxygen atoms in total. The van der Waals surface area contributed by atoms with E-state index in [-0.39, 0.29) is 5.76 Å². The quantitative estimate of drug-likeness (QED) is 0.184. The number of nitrogens with one attached hydrogen (secondary N) is 1. The molecule has 4 aromatic rings. The molecule has 0 bridgehead atoms. The molecule has 0 unspecified atom stereocenters. The predicted octanol–water partition coefficient (Wildman–Crippen LogP) is 7.61. The summed E-state index contributed by atoms with van der Waals surface area (Å²) in [6.45, 7) is 0.341. The fourth-order valence-electron chi connectivity index (χ4n) is 2.93. The van der Waals surface area contributed by atoms with Crippen LogP contribution in [0.2, 0.25) is 10.0 Å². The molecule has 0 aliphatic rings. The van der Waals surface area contributed by atoms with Crippen LogP contribution in [0.25, 0.3) is 11.0 Å². The molecule has 0 aliphatic carbocycles. The van der Waals surface area contributed by atoms with Crippen LogP contribution in [0.3, 0.4) is 0 Å². The zero-order chi connectivity index (χ0) is 22.7. The maximum absolute atomic E-state index is 12.4. The number of hydrogen-bond acceptors (Lipinski definition) is 4. The summed E-state index contributed by atoms with van der Waals surface area (Å²) < 4.78 is 13.0. The molecule has 4 rings (SSSR count). The van der Waals surface area contributed by atoms with Crippen LogP contribution in [-0.4, -0.2) is 12.1 Å². The van der Waals surface area contributed by atoms with E-state index < -0.39 is 5.91 Å². The summed E-state index contributed by atoms with van der Waals surface area (Å²) in [7, 11) is 0. The number of carbonyl (C=O) groups is 1. The fraction of sp³-hybridized carbons (Fsp3) is 0.0435. The van der Waals surface area contributed by atoms with Gasteiger partial charge < -0.3 is 9.15 Å². The highest BCUT2D eigenvalue weighted by atomic mass is 79.9. The van der Waals surface area contributed by atoms with Gasteiger partial charge in [-0.3, -0.25) is 4.79 Å². The van der Waals surface area contributed by atoms with E-state index in [9.17, 15) is 4.79 Å². The normalized spacial score (nSPS) is 11.2. The van der Waals surface area contributed by atoms with Crippen molar-refractivity contribution in [2.45, 2.75) is 6.61 Å². The highest BCUT2D eigenvalue weighted by Gasteiger charge is 2.14. The second kappa shape index (κ2) is 10.1. The van der Waals surface area contributed by atoms with Gasteiger partial charge >= 0.3 is 5.91 Å². The Morgan fingerprint density at radius 2 is 1.78 bits per heavy atom. The van der Waals surface area contributed by atoms with Crippen LogP contribution in [0.15, 0.2) is 79.1 Å². The molecule has 0 saturated heterocycles. The van der Waals surface area contributed by atoms with E-state index in [2.05, 4.69) is 42.4 Å². The van der Waals surface area contributed by atoms with E-state index in [1.807, 2.05) is 42.5 Å². The third kappa shape index (κ3) is 5.35. The highest BCUT2D eigenvalue weighted by Crippen LogP contribution is 2.34. The molecule has 1 aromatic heterocycles. The topological polar surface area (TPSA) is 63.8 Å². The van der Waals surface area contributed by atoms with Crippen molar-refractivity contribution in [1.82, 2.24) is 5.43 Å². The Hall–Kier alpha value is -2.32. The minimum atomic E-state index is -0.486. The Balaban J connectivity index is 1.43. The lowest BCUT2D eigenvalue weighted by atomic mass is 10.2. The number of hydrogen-bond donors (Lipinski definition) is 1. The van der Waals surface area contributed by atoms with Crippen LogP contribution >= 0.6 is 55.1 Å². The van der Waals surface area contributed by atoms with Gasteiger partial charge in [0.05, 0.1) is 20.7 Å². The Morgan fingerprint density at radius 1 is 1.06 bits per heavy atom. The molecule has 0 radical (unpaired) electrons. The first kappa shape index (κ1) is 22.9. The van der Waals surface area contributed by atoms with Gasteiger partial charge in [0.1, 0.15) is 12.2 Å². The minimum absolute atomic E-state index is 0.136. The van der Waals surface area contributed by atoms with Crippen LogP contribution in [0.1, 0.15) is 21.7 Å². The van der Waals surface area contributed by atoms with Crippen LogP contribution < -0.4 is 10.2 Å². The molecular weight excluding hydrogens is 583 g/mol. The number of carbonyl (C=O) groups excluding carboxylic acids is 1. The van der Waals surface area contributed by atoms with E-state index in [4.69, 9.17) is 32.4 Å². The first-order valence-electron chi connectivity index (χ1n) is 9.28. The van der Waals surface area contributed by atoms with Crippen molar-refractivity contribution < 1.29 is 13.9 Å². The standard InChI is InChI=1S/C23H14Br2Cl2N2O3/c24-16-8-15-9-20(32-21(15)17(25)10-16)23(30)29-28-11-14-6-18(26)22(19(27)7-14)31-12-13-4-2-1-3-5-13/h1-11H,12H2,(H,29,30)/b28-11-. The van der Waals surface area contributed by atoms with Gasteiger partial charge in [-0.05, 0) is 57.4 Å². The summed E-state index contributed by atoms with van der Waals surface area (Å²) in [5.74, 6) is 0.0366. The van der Waals surface area contributed by atoms with Crippen molar-refractivity contribution in [2.75, 3.05) is 0 Å². The lowest BCUT2D eigenvalue weighted by molar-refractivity contribution is 0.0929. The van der Waals surface area contributed by atoms with Gasteiger partial charge in [0, 0.05) is 9.86 Å². The minimum Gasteiger partial charge on any atom is -0.486 e. The maximum atomic E-state index is 12.4. The van der Waals surface area contributed by atoms with Gasteiger partial charge in [0.15, 0.2) is 11.5 Å². The van der Waals surface area contributed by atoms with Crippen molar-refractivity contribution >= 4 is 78.2 Å². The van der Waals surface area contributed by atoms with E-state index >= 15 is 0 Å². The molecule has 32 heavy (non-hydrogen) atoms. The molecule has 3 aromatic carbocycles. The third-order valence-corrected chi connectivity index (χ3v) is 5.99. The number of rotatable bonds is 6. The first-order valence-corrected chi connectivity index (χ1v) is 11.6. The van der Waals surface area contributed by atoms with E-state index in [0.29, 0.717) is 33.5 Å². The van der Waals surface area contributed by atoms with Crippen molar-refractivity contribution in [3.05, 3.63) is 96.5 Å². The van der Waals surface area contributed by atoms with Crippen molar-refractivity contribution in [3.63, 3.8) is 0 Å². The molecule has 162 valence electrons. The summed E-state index contributed by atoms with van der Waals surface area (Å²) in [6.07, 6.45) is 1.44. The van der Waals surface area contributed by atoms with E-state index in [1.54, 1.807) is 18.2 Å². The van der Waals surface area contributed by atoms with Crippen LogP contribution in [0.5, 0.6) is 5.75 Å². The monoisotopic (exact) mass is 594 g/mol. The summed E-state index contributed by atoms with van der Waals surface area (Å²) >= 11 is 19.5. The van der Waals surface area contributed by atoms with Crippen LogP contribution in [-0.2, 0) is 6.61 Å². The Morgan fingerprint density at radius 3 is 2.50 bits per heavy atom. The van der Waals surface area contributed by atoms with Crippen LogP contribution in [0.4, 0.5) is 0 Å². The van der Waals surface area contributed by atoms with Crippen molar-refractivity contribution in [3.8, 4) is 5.75 Å². The second-order valence-electron chi connectivity index (χ2n) is 6.70. The smallest absolute Gasteiger partial charge is 0.307 e. The summed E-state index contributed by atoms with van der Waals surface area (Å²) in [4.78, 5) is 12.4.